The van der Waals surface area contributed by atoms with Crippen LogP contribution in [-0.4, -0.2) is 67.4 Å². The Morgan fingerprint density at radius 2 is 2.14 bits per heavy atom. The molecule has 3 aromatic heterocycles. The molecule has 0 unspecified atom stereocenters. The third-order valence-electron chi connectivity index (χ3n) is 4.42. The number of rotatable bonds is 3. The van der Waals surface area contributed by atoms with E-state index in [2.05, 4.69) is 36.1 Å². The second-order valence-corrected chi connectivity index (χ2v) is 9.72. The largest absolute Gasteiger partial charge is 0.377 e. The predicted octanol–water partition coefficient (Wildman–Crippen LogP) is 2.31. The van der Waals surface area contributed by atoms with Crippen LogP contribution >= 0.6 is 0 Å². The minimum Gasteiger partial charge on any atom is -0.377 e. The first kappa shape index (κ1) is 18.8. The number of morpholine rings is 1. The summed E-state index contributed by atoms with van der Waals surface area (Å²) in [6, 6.07) is 3.79. The maximum atomic E-state index is 12.3. The van der Waals surface area contributed by atoms with Crippen LogP contribution in [-0.2, 0) is 14.5 Å². The van der Waals surface area contributed by atoms with Gasteiger partial charge in [0.1, 0.15) is 17.2 Å². The van der Waals surface area contributed by atoms with Crippen molar-refractivity contribution in [2.45, 2.75) is 19.9 Å². The number of pyridine rings is 1. The van der Waals surface area contributed by atoms with Gasteiger partial charge >= 0.3 is 0 Å². The molecule has 1 N–H and O–H groups in total. The number of nitrogens with one attached hydrogen (secondary N) is 1. The van der Waals surface area contributed by atoms with E-state index < -0.39 is 9.73 Å². The smallest absolute Gasteiger partial charge is 0.167 e. The lowest BCUT2D eigenvalue weighted by molar-refractivity contribution is 0.0985. The summed E-state index contributed by atoms with van der Waals surface area (Å²) in [5.74, 6) is 2.38. The van der Waals surface area contributed by atoms with Gasteiger partial charge < -0.3 is 14.6 Å². The topological polar surface area (TPSA) is 109 Å². The van der Waals surface area contributed by atoms with E-state index >= 15 is 0 Å². The summed E-state index contributed by atoms with van der Waals surface area (Å²) in [5.41, 5.74) is 2.14. The molecular weight excluding hydrogens is 378 g/mol. The zero-order valence-electron chi connectivity index (χ0n) is 16.3. The Morgan fingerprint density at radius 1 is 1.32 bits per heavy atom. The Morgan fingerprint density at radius 3 is 2.89 bits per heavy atom. The van der Waals surface area contributed by atoms with Crippen LogP contribution in [0.4, 0.5) is 11.6 Å². The molecule has 0 spiro atoms. The fraction of sp³-hybridized carbons (Fsp3) is 0.444. The lowest BCUT2D eigenvalue weighted by Gasteiger charge is -2.34. The second-order valence-electron chi connectivity index (χ2n) is 7.18. The summed E-state index contributed by atoms with van der Waals surface area (Å²) < 4.78 is 22.1. The number of fused-ring (bicyclic) bond motifs is 1. The molecule has 4 rings (SSSR count). The predicted molar refractivity (Wildman–Crippen MR) is 109 cm³/mol. The van der Waals surface area contributed by atoms with Gasteiger partial charge in [-0.3, -0.25) is 0 Å². The minimum atomic E-state index is -2.37. The highest BCUT2D eigenvalue weighted by atomic mass is 32.2. The van der Waals surface area contributed by atoms with E-state index in [1.54, 1.807) is 24.8 Å². The molecule has 9 nitrogen and oxygen atoms in total. The third kappa shape index (κ3) is 3.83. The standard InChI is InChI=1S/C18H23N7O2S/c1-11-10-27-8-7-25(11)15-9-14(24-28(3,4)26)22-17(23-15)13-5-6-19-18-16(13)20-12(2)21-18/h5-6,9,11H,7-8,10H2,1-4H3,(H,19,20,21)/t11-/m1/s1. The van der Waals surface area contributed by atoms with Gasteiger partial charge in [-0.25, -0.2) is 24.1 Å². The number of hydrogen-bond acceptors (Lipinski definition) is 8. The summed E-state index contributed by atoms with van der Waals surface area (Å²) in [6.07, 6.45) is 4.88. The molecule has 1 saturated heterocycles. The highest BCUT2D eigenvalue weighted by Crippen LogP contribution is 2.29. The van der Waals surface area contributed by atoms with Gasteiger partial charge in [-0.15, -0.1) is 0 Å². The molecule has 148 valence electrons. The Kier molecular flexibility index (Phi) is 4.76. The molecule has 0 amide bonds. The molecule has 28 heavy (non-hydrogen) atoms. The highest BCUT2D eigenvalue weighted by Gasteiger charge is 2.22. The van der Waals surface area contributed by atoms with Crippen LogP contribution in [0.2, 0.25) is 0 Å². The van der Waals surface area contributed by atoms with E-state index in [1.165, 1.54) is 0 Å². The molecule has 4 heterocycles. The maximum Gasteiger partial charge on any atom is 0.167 e. The number of aryl methyl sites for hydroxylation is 1. The number of aromatic amines is 1. The molecule has 1 aliphatic heterocycles. The zero-order valence-corrected chi connectivity index (χ0v) is 17.2. The van der Waals surface area contributed by atoms with Gasteiger partial charge in [-0.05, 0) is 19.9 Å². The van der Waals surface area contributed by atoms with E-state index in [0.717, 1.165) is 23.8 Å². The Bertz CT molecular complexity index is 1140. The van der Waals surface area contributed by atoms with Gasteiger partial charge in [0.05, 0.1) is 24.8 Å². The first-order valence-electron chi connectivity index (χ1n) is 9.02. The van der Waals surface area contributed by atoms with Crippen molar-refractivity contribution in [3.63, 3.8) is 0 Å². The fourth-order valence-electron chi connectivity index (χ4n) is 3.24. The molecule has 0 bridgehead atoms. The number of H-pyrrole nitrogens is 1. The first-order chi connectivity index (χ1) is 13.3. The SMILES string of the molecule is Cc1nc2c(-c3nc(N=S(C)(C)=O)cc(N4CCOC[C@H]4C)n3)ccnc2[nH]1. The van der Waals surface area contributed by atoms with Crippen molar-refractivity contribution < 1.29 is 8.95 Å². The average molecular weight is 401 g/mol. The maximum absolute atomic E-state index is 12.3. The van der Waals surface area contributed by atoms with Crippen LogP contribution in [0.5, 0.6) is 0 Å². The van der Waals surface area contributed by atoms with Crippen molar-refractivity contribution in [3.05, 3.63) is 24.2 Å². The molecule has 1 fully saturated rings. The van der Waals surface area contributed by atoms with Gasteiger partial charge in [-0.2, -0.15) is 4.36 Å². The lowest BCUT2D eigenvalue weighted by atomic mass is 10.2. The second kappa shape index (κ2) is 7.10. The van der Waals surface area contributed by atoms with E-state index in [9.17, 15) is 4.21 Å². The quantitative estimate of drug-likeness (QED) is 0.717. The summed E-state index contributed by atoms with van der Waals surface area (Å²) >= 11 is 0. The van der Waals surface area contributed by atoms with Gasteiger partial charge in [0.2, 0.25) is 0 Å². The van der Waals surface area contributed by atoms with Crippen LogP contribution in [0.3, 0.4) is 0 Å². The molecule has 1 aliphatic rings. The third-order valence-corrected chi connectivity index (χ3v) is 5.05. The van der Waals surface area contributed by atoms with Gasteiger partial charge in [-0.1, -0.05) is 0 Å². The first-order valence-corrected chi connectivity index (χ1v) is 11.4. The number of aromatic nitrogens is 5. The van der Waals surface area contributed by atoms with Crippen LogP contribution in [0, 0.1) is 6.92 Å². The molecule has 3 aromatic rings. The molecular formula is C18H23N7O2S. The number of nitrogens with zero attached hydrogens (tertiary/aromatic N) is 6. The molecule has 0 aliphatic carbocycles. The summed E-state index contributed by atoms with van der Waals surface area (Å²) in [4.78, 5) is 23.5. The van der Waals surface area contributed by atoms with Crippen molar-refractivity contribution in [2.24, 2.45) is 4.36 Å². The van der Waals surface area contributed by atoms with E-state index in [-0.39, 0.29) is 6.04 Å². The van der Waals surface area contributed by atoms with Gasteiger partial charge in [0.25, 0.3) is 0 Å². The monoisotopic (exact) mass is 401 g/mol. The normalized spacial score (nSPS) is 17.9. The van der Waals surface area contributed by atoms with E-state index in [1.807, 2.05) is 13.0 Å². The Labute approximate surface area is 163 Å². The van der Waals surface area contributed by atoms with Crippen molar-refractivity contribution in [1.29, 1.82) is 0 Å². The molecule has 1 atom stereocenters. The number of imidazole rings is 1. The van der Waals surface area contributed by atoms with Crippen LogP contribution in [0.15, 0.2) is 22.7 Å². The summed E-state index contributed by atoms with van der Waals surface area (Å²) in [5, 5.41) is 0. The van der Waals surface area contributed by atoms with Gasteiger partial charge in [0, 0.05) is 41.0 Å². The van der Waals surface area contributed by atoms with E-state index in [0.29, 0.717) is 36.0 Å². The lowest BCUT2D eigenvalue weighted by Crippen LogP contribution is -2.44. The highest BCUT2D eigenvalue weighted by molar-refractivity contribution is 7.92. The number of hydrogen-bond donors (Lipinski definition) is 1. The van der Waals surface area contributed by atoms with Crippen molar-refractivity contribution in [1.82, 2.24) is 24.9 Å². The fourth-order valence-corrected chi connectivity index (χ4v) is 3.78. The summed E-state index contributed by atoms with van der Waals surface area (Å²) in [7, 11) is -2.37. The molecule has 0 aromatic carbocycles. The van der Waals surface area contributed by atoms with E-state index in [4.69, 9.17) is 9.72 Å². The van der Waals surface area contributed by atoms with Gasteiger partial charge in [0.15, 0.2) is 17.3 Å². The number of anilines is 1. The van der Waals surface area contributed by atoms with Crippen LogP contribution in [0.1, 0.15) is 12.7 Å². The average Bonchev–Trinajstić information content (AvgIpc) is 3.00. The van der Waals surface area contributed by atoms with Crippen molar-refractivity contribution >= 4 is 32.5 Å². The van der Waals surface area contributed by atoms with Crippen LogP contribution < -0.4 is 4.90 Å². The Hall–Kier alpha value is -2.59. The number of ether oxygens (including phenoxy) is 1. The van der Waals surface area contributed by atoms with Crippen molar-refractivity contribution in [2.75, 3.05) is 37.2 Å². The van der Waals surface area contributed by atoms with Crippen molar-refractivity contribution in [3.8, 4) is 11.4 Å². The van der Waals surface area contributed by atoms with Crippen LogP contribution in [0.25, 0.3) is 22.6 Å². The minimum absolute atomic E-state index is 0.169. The zero-order chi connectivity index (χ0) is 19.9. The molecule has 0 saturated carbocycles. The molecule has 10 heteroatoms. The summed E-state index contributed by atoms with van der Waals surface area (Å²) in [6.45, 7) is 5.94. The Balaban J connectivity index is 1.92. The molecule has 0 radical (unpaired) electrons.